The van der Waals surface area contributed by atoms with Gasteiger partial charge in [0.05, 0.1) is 10.6 Å². The number of nitrogens with zero attached hydrogens (tertiary/aromatic N) is 1. The summed E-state index contributed by atoms with van der Waals surface area (Å²) in [6.07, 6.45) is 0. The molecule has 1 rings (SSSR count). The van der Waals surface area contributed by atoms with Crippen LogP contribution in [0.5, 0.6) is 0 Å². The van der Waals surface area contributed by atoms with Crippen molar-refractivity contribution in [3.8, 4) is 0 Å². The van der Waals surface area contributed by atoms with E-state index >= 15 is 0 Å². The number of nitrogens with two attached hydrogens (primary N) is 1. The van der Waals surface area contributed by atoms with Crippen LogP contribution in [0.3, 0.4) is 0 Å². The first kappa shape index (κ1) is 10.9. The molecule has 6 heteroatoms. The highest BCUT2D eigenvalue weighted by Gasteiger charge is 2.08. The Morgan fingerprint density at radius 1 is 1.57 bits per heavy atom. The predicted molar refractivity (Wildman–Crippen MR) is 58.3 cm³/mol. The minimum Gasteiger partial charge on any atom is -0.383 e. The number of hydrogen-bond acceptors (Lipinski definition) is 4. The van der Waals surface area contributed by atoms with Crippen molar-refractivity contribution in [3.05, 3.63) is 32.8 Å². The number of nitro benzene ring substituents is 1. The Balaban J connectivity index is 2.90. The minimum atomic E-state index is -0.430. The van der Waals surface area contributed by atoms with Crippen molar-refractivity contribution >= 4 is 27.3 Å². The molecule has 5 nitrogen and oxygen atoms in total. The van der Waals surface area contributed by atoms with E-state index in [1.165, 1.54) is 12.1 Å². The predicted octanol–water partition coefficient (Wildman–Crippen LogP) is 1.73. The standard InChI is InChI=1S/C8H10BrN3O2/c9-7-2-1-6(12(13)14)5-8(7)11-4-3-10/h1-2,5,11H,3-4,10H2. The summed E-state index contributed by atoms with van der Waals surface area (Å²) in [5.41, 5.74) is 6.06. The third kappa shape index (κ3) is 2.68. The van der Waals surface area contributed by atoms with E-state index < -0.39 is 4.92 Å². The van der Waals surface area contributed by atoms with Crippen molar-refractivity contribution in [2.45, 2.75) is 0 Å². The molecule has 0 saturated heterocycles. The Morgan fingerprint density at radius 2 is 2.29 bits per heavy atom. The zero-order chi connectivity index (χ0) is 10.6. The monoisotopic (exact) mass is 259 g/mol. The SMILES string of the molecule is NCCNc1cc([N+](=O)[O-])ccc1Br. The van der Waals surface area contributed by atoms with Crippen LogP contribution in [-0.2, 0) is 0 Å². The first-order chi connectivity index (χ1) is 6.65. The maximum absolute atomic E-state index is 10.5. The van der Waals surface area contributed by atoms with Gasteiger partial charge in [-0.1, -0.05) is 0 Å². The number of nitro groups is 1. The Kier molecular flexibility index (Phi) is 3.84. The molecule has 0 atom stereocenters. The van der Waals surface area contributed by atoms with Gasteiger partial charge in [-0.15, -0.1) is 0 Å². The van der Waals surface area contributed by atoms with Gasteiger partial charge in [0.2, 0.25) is 0 Å². The lowest BCUT2D eigenvalue weighted by atomic mass is 10.3. The van der Waals surface area contributed by atoms with Gasteiger partial charge in [0.1, 0.15) is 0 Å². The van der Waals surface area contributed by atoms with Gasteiger partial charge in [0, 0.05) is 29.7 Å². The van der Waals surface area contributed by atoms with Crippen LogP contribution < -0.4 is 11.1 Å². The lowest BCUT2D eigenvalue weighted by molar-refractivity contribution is -0.384. The molecule has 14 heavy (non-hydrogen) atoms. The summed E-state index contributed by atoms with van der Waals surface area (Å²) in [5.74, 6) is 0. The summed E-state index contributed by atoms with van der Waals surface area (Å²) < 4.78 is 0.788. The average Bonchev–Trinajstić information content (AvgIpc) is 2.16. The molecule has 1 aromatic rings. The maximum Gasteiger partial charge on any atom is 0.271 e. The molecule has 0 aliphatic heterocycles. The molecule has 0 unspecified atom stereocenters. The molecule has 0 heterocycles. The van der Waals surface area contributed by atoms with Crippen molar-refractivity contribution in [3.63, 3.8) is 0 Å². The van der Waals surface area contributed by atoms with Crippen LogP contribution in [0.15, 0.2) is 22.7 Å². The van der Waals surface area contributed by atoms with E-state index in [1.807, 2.05) is 0 Å². The van der Waals surface area contributed by atoms with Crippen molar-refractivity contribution < 1.29 is 4.92 Å². The molecule has 3 N–H and O–H groups in total. The number of nitrogens with one attached hydrogen (secondary N) is 1. The van der Waals surface area contributed by atoms with Gasteiger partial charge < -0.3 is 11.1 Å². The van der Waals surface area contributed by atoms with E-state index in [1.54, 1.807) is 6.07 Å². The summed E-state index contributed by atoms with van der Waals surface area (Å²) in [6.45, 7) is 1.06. The van der Waals surface area contributed by atoms with Gasteiger partial charge in [-0.3, -0.25) is 10.1 Å². The van der Waals surface area contributed by atoms with Crippen molar-refractivity contribution in [1.82, 2.24) is 0 Å². The Bertz CT molecular complexity index is 343. The summed E-state index contributed by atoms with van der Waals surface area (Å²) >= 11 is 3.28. The molecular weight excluding hydrogens is 250 g/mol. The molecule has 0 radical (unpaired) electrons. The van der Waals surface area contributed by atoms with Gasteiger partial charge in [-0.25, -0.2) is 0 Å². The first-order valence-corrected chi connectivity index (χ1v) is 4.82. The second-order valence-corrected chi connectivity index (χ2v) is 3.49. The Hall–Kier alpha value is -1.14. The minimum absolute atomic E-state index is 0.0627. The van der Waals surface area contributed by atoms with Crippen LogP contribution in [0.2, 0.25) is 0 Å². The summed E-state index contributed by atoms with van der Waals surface area (Å²) in [6, 6.07) is 4.55. The maximum atomic E-state index is 10.5. The second-order valence-electron chi connectivity index (χ2n) is 2.64. The molecule has 0 fully saturated rings. The third-order valence-electron chi connectivity index (χ3n) is 1.62. The van der Waals surface area contributed by atoms with Gasteiger partial charge in [0.15, 0.2) is 0 Å². The molecule has 0 aromatic heterocycles. The molecule has 0 saturated carbocycles. The topological polar surface area (TPSA) is 81.2 Å². The number of benzene rings is 1. The zero-order valence-corrected chi connectivity index (χ0v) is 8.95. The van der Waals surface area contributed by atoms with Gasteiger partial charge in [-0.2, -0.15) is 0 Å². The van der Waals surface area contributed by atoms with E-state index in [2.05, 4.69) is 21.2 Å². The number of hydrogen-bond donors (Lipinski definition) is 2. The molecule has 76 valence electrons. The molecule has 0 bridgehead atoms. The van der Waals surface area contributed by atoms with Gasteiger partial charge >= 0.3 is 0 Å². The van der Waals surface area contributed by atoms with Crippen LogP contribution in [-0.4, -0.2) is 18.0 Å². The van der Waals surface area contributed by atoms with Crippen LogP contribution in [0.25, 0.3) is 0 Å². The first-order valence-electron chi connectivity index (χ1n) is 4.03. The fraction of sp³-hybridized carbons (Fsp3) is 0.250. The fourth-order valence-electron chi connectivity index (χ4n) is 0.969. The Morgan fingerprint density at radius 3 is 2.86 bits per heavy atom. The molecule has 1 aromatic carbocycles. The number of halogens is 1. The summed E-state index contributed by atoms with van der Waals surface area (Å²) in [4.78, 5) is 10.0. The van der Waals surface area contributed by atoms with Gasteiger partial charge in [-0.05, 0) is 22.0 Å². The van der Waals surface area contributed by atoms with Crippen molar-refractivity contribution in [2.75, 3.05) is 18.4 Å². The summed E-state index contributed by atoms with van der Waals surface area (Å²) in [5, 5.41) is 13.5. The van der Waals surface area contributed by atoms with Gasteiger partial charge in [0.25, 0.3) is 5.69 Å². The van der Waals surface area contributed by atoms with Crippen molar-refractivity contribution in [1.29, 1.82) is 0 Å². The van der Waals surface area contributed by atoms with E-state index in [9.17, 15) is 10.1 Å². The van der Waals surface area contributed by atoms with E-state index in [0.717, 1.165) is 4.47 Å². The van der Waals surface area contributed by atoms with Crippen LogP contribution in [0.1, 0.15) is 0 Å². The lowest BCUT2D eigenvalue weighted by Crippen LogP contribution is -2.13. The highest BCUT2D eigenvalue weighted by atomic mass is 79.9. The van der Waals surface area contributed by atoms with Crippen molar-refractivity contribution in [2.24, 2.45) is 5.73 Å². The zero-order valence-electron chi connectivity index (χ0n) is 7.37. The Labute approximate surface area is 89.6 Å². The van der Waals surface area contributed by atoms with E-state index in [4.69, 9.17) is 5.73 Å². The molecule has 0 aliphatic carbocycles. The largest absolute Gasteiger partial charge is 0.383 e. The molecule has 0 amide bonds. The molecule has 0 spiro atoms. The molecule has 0 aliphatic rings. The molecular formula is C8H10BrN3O2. The number of anilines is 1. The van der Waals surface area contributed by atoms with E-state index in [0.29, 0.717) is 18.8 Å². The average molecular weight is 260 g/mol. The lowest BCUT2D eigenvalue weighted by Gasteiger charge is -2.06. The van der Waals surface area contributed by atoms with Crippen LogP contribution >= 0.6 is 15.9 Å². The van der Waals surface area contributed by atoms with E-state index in [-0.39, 0.29) is 5.69 Å². The number of rotatable bonds is 4. The highest BCUT2D eigenvalue weighted by molar-refractivity contribution is 9.10. The second kappa shape index (κ2) is 4.92. The van der Waals surface area contributed by atoms with Crippen LogP contribution in [0.4, 0.5) is 11.4 Å². The smallest absolute Gasteiger partial charge is 0.271 e. The third-order valence-corrected chi connectivity index (χ3v) is 2.31. The number of non-ortho nitro benzene ring substituents is 1. The highest BCUT2D eigenvalue weighted by Crippen LogP contribution is 2.26. The fourth-order valence-corrected chi connectivity index (χ4v) is 1.36. The van der Waals surface area contributed by atoms with Crippen LogP contribution in [0, 0.1) is 10.1 Å². The summed E-state index contributed by atoms with van der Waals surface area (Å²) in [7, 11) is 0. The normalized spacial score (nSPS) is 9.86. The quantitative estimate of drug-likeness (QED) is 0.638.